The Balaban J connectivity index is 3.13. The van der Waals surface area contributed by atoms with Crippen LogP contribution < -0.4 is 10.6 Å². The molecule has 0 saturated carbocycles. The molecule has 0 aliphatic rings. The fourth-order valence-electron chi connectivity index (χ4n) is 1.58. The zero-order valence-electron chi connectivity index (χ0n) is 11.2. The topological polar surface area (TPSA) is 54.0 Å². The summed E-state index contributed by atoms with van der Waals surface area (Å²) in [5, 5.41) is 6.44. The number of carbonyl (C=O) groups is 1. The molecule has 0 radical (unpaired) electrons. The molecule has 1 rings (SSSR count). The minimum atomic E-state index is 0.245. The molecular weight excluding hydrogens is 214 g/mol. The third kappa shape index (κ3) is 3.73. The number of aldehydes is 1. The number of carbonyl (C=O) groups excluding carboxylic acids is 1. The molecule has 4 nitrogen and oxygen atoms in total. The normalized spacial score (nSPS) is 10.8. The average Bonchev–Trinajstić information content (AvgIpc) is 2.14. The molecule has 0 fully saturated rings. The van der Waals surface area contributed by atoms with Crippen LogP contribution in [-0.4, -0.2) is 23.4 Å². The highest BCUT2D eigenvalue weighted by molar-refractivity contribution is 5.85. The lowest BCUT2D eigenvalue weighted by molar-refractivity contribution is 0.112. The van der Waals surface area contributed by atoms with Gasteiger partial charge in [-0.2, -0.15) is 0 Å². The third-order valence-corrected chi connectivity index (χ3v) is 2.25. The molecule has 1 heterocycles. The van der Waals surface area contributed by atoms with Crippen molar-refractivity contribution in [3.8, 4) is 0 Å². The number of hydrogen-bond donors (Lipinski definition) is 2. The summed E-state index contributed by atoms with van der Waals surface area (Å²) in [6, 6.07) is 2.46. The minimum Gasteiger partial charge on any atom is -0.368 e. The van der Waals surface area contributed by atoms with Crippen LogP contribution in [0, 0.1) is 6.92 Å². The molecule has 17 heavy (non-hydrogen) atoms. The average molecular weight is 235 g/mol. The van der Waals surface area contributed by atoms with Crippen LogP contribution in [0.5, 0.6) is 0 Å². The van der Waals surface area contributed by atoms with E-state index in [1.165, 1.54) is 0 Å². The van der Waals surface area contributed by atoms with Crippen LogP contribution in [0.1, 0.15) is 43.6 Å². The smallest absolute Gasteiger partial charge is 0.154 e. The standard InChI is InChI=1S/C13H21N3O/c1-8(2)14-12-6-10(5)11(7-17)13(16-12)15-9(3)4/h6-9H,1-5H3,(H2,14,15,16). The van der Waals surface area contributed by atoms with Crippen LogP contribution >= 0.6 is 0 Å². The van der Waals surface area contributed by atoms with E-state index in [2.05, 4.69) is 29.5 Å². The van der Waals surface area contributed by atoms with E-state index >= 15 is 0 Å². The first kappa shape index (κ1) is 13.5. The van der Waals surface area contributed by atoms with E-state index in [0.717, 1.165) is 17.7 Å². The lowest BCUT2D eigenvalue weighted by Crippen LogP contribution is -2.16. The van der Waals surface area contributed by atoms with Crippen molar-refractivity contribution >= 4 is 17.9 Å². The summed E-state index contributed by atoms with van der Waals surface area (Å²) in [6.07, 6.45) is 0.853. The highest BCUT2D eigenvalue weighted by Gasteiger charge is 2.10. The SMILES string of the molecule is Cc1cc(NC(C)C)nc(NC(C)C)c1C=O. The maximum absolute atomic E-state index is 11.1. The molecule has 0 saturated heterocycles. The predicted octanol–water partition coefficient (Wildman–Crippen LogP) is 2.84. The van der Waals surface area contributed by atoms with Crippen LogP contribution in [0.25, 0.3) is 0 Å². The Morgan fingerprint density at radius 2 is 1.76 bits per heavy atom. The molecule has 0 spiro atoms. The number of pyridine rings is 1. The fourth-order valence-corrected chi connectivity index (χ4v) is 1.58. The number of aromatic nitrogens is 1. The van der Waals surface area contributed by atoms with Crippen molar-refractivity contribution in [3.05, 3.63) is 17.2 Å². The Kier molecular flexibility index (Phi) is 4.49. The summed E-state index contributed by atoms with van der Waals surface area (Å²) < 4.78 is 0. The summed E-state index contributed by atoms with van der Waals surface area (Å²) in [5.74, 6) is 1.45. The summed E-state index contributed by atoms with van der Waals surface area (Å²) in [7, 11) is 0. The highest BCUT2D eigenvalue weighted by atomic mass is 16.1. The minimum absolute atomic E-state index is 0.245. The van der Waals surface area contributed by atoms with Gasteiger partial charge in [-0.05, 0) is 46.2 Å². The first-order valence-electron chi connectivity index (χ1n) is 5.94. The van der Waals surface area contributed by atoms with Gasteiger partial charge in [-0.3, -0.25) is 4.79 Å². The van der Waals surface area contributed by atoms with Gasteiger partial charge in [0.25, 0.3) is 0 Å². The summed E-state index contributed by atoms with van der Waals surface area (Å²) in [4.78, 5) is 15.5. The zero-order valence-corrected chi connectivity index (χ0v) is 11.2. The third-order valence-electron chi connectivity index (χ3n) is 2.25. The molecular formula is C13H21N3O. The molecule has 0 aliphatic heterocycles. The number of hydrogen-bond acceptors (Lipinski definition) is 4. The van der Waals surface area contributed by atoms with Crippen LogP contribution in [0.15, 0.2) is 6.07 Å². The lowest BCUT2D eigenvalue weighted by Gasteiger charge is -2.16. The van der Waals surface area contributed by atoms with Gasteiger partial charge < -0.3 is 10.6 Å². The summed E-state index contributed by atoms with van der Waals surface area (Å²) in [5.41, 5.74) is 1.56. The van der Waals surface area contributed by atoms with Crippen LogP contribution in [0.4, 0.5) is 11.6 Å². The molecule has 0 amide bonds. The molecule has 0 atom stereocenters. The fraction of sp³-hybridized carbons (Fsp3) is 0.538. The second-order valence-electron chi connectivity index (χ2n) is 4.80. The Bertz CT molecular complexity index is 400. The van der Waals surface area contributed by atoms with E-state index in [4.69, 9.17) is 0 Å². The van der Waals surface area contributed by atoms with Gasteiger partial charge in [0.2, 0.25) is 0 Å². The molecule has 0 unspecified atom stereocenters. The van der Waals surface area contributed by atoms with Crippen LogP contribution in [0.2, 0.25) is 0 Å². The number of nitrogens with one attached hydrogen (secondary N) is 2. The Labute approximate surface area is 103 Å². The maximum atomic E-state index is 11.1. The van der Waals surface area contributed by atoms with E-state index in [1.807, 2.05) is 26.8 Å². The van der Waals surface area contributed by atoms with E-state index in [0.29, 0.717) is 17.4 Å². The number of nitrogens with zero attached hydrogens (tertiary/aromatic N) is 1. The van der Waals surface area contributed by atoms with E-state index < -0.39 is 0 Å². The van der Waals surface area contributed by atoms with Gasteiger partial charge in [0.1, 0.15) is 11.6 Å². The second kappa shape index (κ2) is 5.66. The van der Waals surface area contributed by atoms with Gasteiger partial charge >= 0.3 is 0 Å². The van der Waals surface area contributed by atoms with Gasteiger partial charge in [0.05, 0.1) is 5.56 Å². The zero-order chi connectivity index (χ0) is 13.0. The monoisotopic (exact) mass is 235 g/mol. The molecule has 0 aromatic carbocycles. The summed E-state index contributed by atoms with van der Waals surface area (Å²) >= 11 is 0. The van der Waals surface area contributed by atoms with Gasteiger partial charge in [-0.25, -0.2) is 4.98 Å². The van der Waals surface area contributed by atoms with Crippen molar-refractivity contribution in [3.63, 3.8) is 0 Å². The first-order valence-corrected chi connectivity index (χ1v) is 5.94. The first-order chi connectivity index (χ1) is 7.93. The molecule has 1 aromatic heterocycles. The van der Waals surface area contributed by atoms with Crippen LogP contribution in [0.3, 0.4) is 0 Å². The van der Waals surface area contributed by atoms with Crippen molar-refractivity contribution in [1.29, 1.82) is 0 Å². The molecule has 4 heteroatoms. The molecule has 1 aromatic rings. The predicted molar refractivity (Wildman–Crippen MR) is 71.9 cm³/mol. The van der Waals surface area contributed by atoms with E-state index in [-0.39, 0.29) is 6.04 Å². The van der Waals surface area contributed by atoms with Gasteiger partial charge in [0.15, 0.2) is 6.29 Å². The molecule has 94 valence electrons. The molecule has 2 N–H and O–H groups in total. The lowest BCUT2D eigenvalue weighted by atomic mass is 10.1. The number of aryl methyl sites for hydroxylation is 1. The van der Waals surface area contributed by atoms with Gasteiger partial charge in [-0.15, -0.1) is 0 Å². The number of anilines is 2. The quantitative estimate of drug-likeness (QED) is 0.771. The second-order valence-corrected chi connectivity index (χ2v) is 4.80. The van der Waals surface area contributed by atoms with Crippen molar-refractivity contribution in [2.75, 3.05) is 10.6 Å². The highest BCUT2D eigenvalue weighted by Crippen LogP contribution is 2.20. The van der Waals surface area contributed by atoms with E-state index in [1.54, 1.807) is 0 Å². The Hall–Kier alpha value is -1.58. The van der Waals surface area contributed by atoms with Crippen molar-refractivity contribution in [2.24, 2.45) is 0 Å². The van der Waals surface area contributed by atoms with Gasteiger partial charge in [-0.1, -0.05) is 0 Å². The Morgan fingerprint density at radius 3 is 2.24 bits per heavy atom. The Morgan fingerprint density at radius 1 is 1.18 bits per heavy atom. The van der Waals surface area contributed by atoms with Gasteiger partial charge in [0, 0.05) is 12.1 Å². The van der Waals surface area contributed by atoms with Crippen molar-refractivity contribution < 1.29 is 4.79 Å². The van der Waals surface area contributed by atoms with Crippen molar-refractivity contribution in [2.45, 2.75) is 46.7 Å². The molecule has 0 bridgehead atoms. The maximum Gasteiger partial charge on any atom is 0.154 e. The van der Waals surface area contributed by atoms with Crippen molar-refractivity contribution in [1.82, 2.24) is 4.98 Å². The number of rotatable bonds is 5. The molecule has 0 aliphatic carbocycles. The largest absolute Gasteiger partial charge is 0.368 e. The van der Waals surface area contributed by atoms with E-state index in [9.17, 15) is 4.79 Å². The van der Waals surface area contributed by atoms with Crippen LogP contribution in [-0.2, 0) is 0 Å². The summed E-state index contributed by atoms with van der Waals surface area (Å²) in [6.45, 7) is 10.1.